The van der Waals surface area contributed by atoms with Crippen LogP contribution in [0, 0.1) is 0 Å². The molecule has 0 aliphatic rings. The van der Waals surface area contributed by atoms with E-state index in [1.807, 2.05) is 24.3 Å². The van der Waals surface area contributed by atoms with E-state index >= 15 is 0 Å². The van der Waals surface area contributed by atoms with Crippen molar-refractivity contribution in [3.05, 3.63) is 66.7 Å². The van der Waals surface area contributed by atoms with Crippen molar-refractivity contribution in [1.82, 2.24) is 0 Å². The van der Waals surface area contributed by atoms with Gasteiger partial charge in [-0.25, -0.2) is 4.79 Å². The summed E-state index contributed by atoms with van der Waals surface area (Å²) in [5.74, 6) is 1.56. The molecule has 0 aliphatic heterocycles. The molecule has 8 heteroatoms. The fourth-order valence-electron chi connectivity index (χ4n) is 5.49. The zero-order valence-corrected chi connectivity index (χ0v) is 30.5. The molecule has 0 radical (unpaired) electrons. The third kappa shape index (κ3) is 17.4. The van der Waals surface area contributed by atoms with E-state index in [1.54, 1.807) is 0 Å². The molecule has 0 amide bonds. The first-order chi connectivity index (χ1) is 24.6. The van der Waals surface area contributed by atoms with Crippen LogP contribution in [0.25, 0.3) is 22.3 Å². The minimum Gasteiger partial charge on any atom is -0.494 e. The number of unbranched alkanes of at least 4 members (excludes halogenated alkanes) is 10. The highest BCUT2D eigenvalue weighted by Crippen LogP contribution is 2.35. The Balaban J connectivity index is 1.56. The van der Waals surface area contributed by atoms with Gasteiger partial charge in [0.15, 0.2) is 0 Å². The van der Waals surface area contributed by atoms with Crippen LogP contribution < -0.4 is 14.2 Å². The summed E-state index contributed by atoms with van der Waals surface area (Å²) in [6, 6.07) is 22.8. The van der Waals surface area contributed by atoms with Crippen LogP contribution >= 0.6 is 0 Å². The average molecular weight is 693 g/mol. The summed E-state index contributed by atoms with van der Waals surface area (Å²) in [5.41, 5.74) is 4.20. The van der Waals surface area contributed by atoms with Crippen LogP contribution in [-0.4, -0.2) is 70.5 Å². The van der Waals surface area contributed by atoms with Crippen LogP contribution in [0.5, 0.6) is 17.2 Å². The SMILES string of the molecule is CCCCCCCCOc1ccc(-c2ccc(-c3ccc(OCCCCCCCC)cc3)c(OCCOCCOCCOCC(=O)O)c2)cc1. The fourth-order valence-corrected chi connectivity index (χ4v) is 5.49. The Hall–Kier alpha value is -3.59. The highest BCUT2D eigenvalue weighted by molar-refractivity contribution is 5.77. The molecule has 0 bridgehead atoms. The van der Waals surface area contributed by atoms with E-state index in [1.165, 1.54) is 64.2 Å². The van der Waals surface area contributed by atoms with Crippen LogP contribution in [0.15, 0.2) is 66.7 Å². The first-order valence-corrected chi connectivity index (χ1v) is 18.8. The van der Waals surface area contributed by atoms with Crippen molar-refractivity contribution in [1.29, 1.82) is 0 Å². The lowest BCUT2D eigenvalue weighted by atomic mass is 9.99. The van der Waals surface area contributed by atoms with Gasteiger partial charge in [-0.15, -0.1) is 0 Å². The maximum absolute atomic E-state index is 10.5. The lowest BCUT2D eigenvalue weighted by Gasteiger charge is -2.15. The molecule has 0 heterocycles. The van der Waals surface area contributed by atoms with Gasteiger partial charge in [-0.3, -0.25) is 0 Å². The second-order valence-corrected chi connectivity index (χ2v) is 12.5. The molecular formula is C42H60O8. The zero-order valence-electron chi connectivity index (χ0n) is 30.5. The van der Waals surface area contributed by atoms with E-state index in [0.29, 0.717) is 33.0 Å². The summed E-state index contributed by atoms with van der Waals surface area (Å²) in [4.78, 5) is 10.5. The molecule has 1 N–H and O–H groups in total. The van der Waals surface area contributed by atoms with Crippen molar-refractivity contribution < 1.29 is 38.3 Å². The average Bonchev–Trinajstić information content (AvgIpc) is 3.13. The molecular weight excluding hydrogens is 632 g/mol. The van der Waals surface area contributed by atoms with Crippen LogP contribution in [0.4, 0.5) is 0 Å². The van der Waals surface area contributed by atoms with Gasteiger partial charge in [0.25, 0.3) is 0 Å². The van der Waals surface area contributed by atoms with Crippen molar-refractivity contribution in [3.8, 4) is 39.5 Å². The summed E-state index contributed by atoms with van der Waals surface area (Å²) in [6.45, 7) is 7.77. The van der Waals surface area contributed by atoms with Crippen LogP contribution in [0.2, 0.25) is 0 Å². The number of ether oxygens (including phenoxy) is 6. The van der Waals surface area contributed by atoms with Gasteiger partial charge in [0, 0.05) is 5.56 Å². The molecule has 0 fully saturated rings. The maximum atomic E-state index is 10.5. The smallest absolute Gasteiger partial charge is 0.329 e. The Labute approximate surface area is 300 Å². The highest BCUT2D eigenvalue weighted by Gasteiger charge is 2.11. The largest absolute Gasteiger partial charge is 0.494 e. The van der Waals surface area contributed by atoms with E-state index in [0.717, 1.165) is 65.6 Å². The summed E-state index contributed by atoms with van der Waals surface area (Å²) < 4.78 is 34.4. The van der Waals surface area contributed by atoms with E-state index in [2.05, 4.69) is 56.3 Å². The predicted molar refractivity (Wildman–Crippen MR) is 201 cm³/mol. The lowest BCUT2D eigenvalue weighted by molar-refractivity contribution is -0.142. The van der Waals surface area contributed by atoms with E-state index in [-0.39, 0.29) is 13.2 Å². The van der Waals surface area contributed by atoms with E-state index in [4.69, 9.17) is 33.5 Å². The molecule has 3 aromatic carbocycles. The molecule has 0 unspecified atom stereocenters. The summed E-state index contributed by atoms with van der Waals surface area (Å²) in [5, 5.41) is 8.61. The van der Waals surface area contributed by atoms with E-state index < -0.39 is 5.97 Å². The van der Waals surface area contributed by atoms with Crippen molar-refractivity contribution in [2.75, 3.05) is 59.5 Å². The van der Waals surface area contributed by atoms with Gasteiger partial charge in [-0.1, -0.05) is 114 Å². The molecule has 3 rings (SSSR count). The van der Waals surface area contributed by atoms with Crippen LogP contribution in [-0.2, 0) is 19.0 Å². The Morgan fingerprint density at radius 3 is 1.48 bits per heavy atom. The fraction of sp³-hybridized carbons (Fsp3) is 0.548. The third-order valence-electron chi connectivity index (χ3n) is 8.32. The number of carboxylic acid groups (broad SMARTS) is 1. The summed E-state index contributed by atoms with van der Waals surface area (Å²) in [6.07, 6.45) is 14.9. The molecule has 0 saturated carbocycles. The molecule has 276 valence electrons. The van der Waals surface area contributed by atoms with Crippen LogP contribution in [0.3, 0.4) is 0 Å². The topological polar surface area (TPSA) is 92.7 Å². The monoisotopic (exact) mass is 692 g/mol. The standard InChI is InChI=1S/C42H60O8/c1-3-5-7-9-11-13-25-48-38-20-15-35(16-21-38)37-19-24-40(36-17-22-39(23-18-36)49-26-14-12-10-8-6-4-2)41(33-37)50-32-31-46-28-27-45-29-30-47-34-42(43)44/h15-24,33H,3-14,25-32,34H2,1-2H3,(H,43,44). The third-order valence-corrected chi connectivity index (χ3v) is 8.32. The molecule has 50 heavy (non-hydrogen) atoms. The predicted octanol–water partition coefficient (Wildman–Crippen LogP) is 10.0. The van der Waals surface area contributed by atoms with Crippen LogP contribution in [0.1, 0.15) is 90.9 Å². The maximum Gasteiger partial charge on any atom is 0.329 e. The number of benzene rings is 3. The van der Waals surface area contributed by atoms with Crippen molar-refractivity contribution >= 4 is 5.97 Å². The first kappa shape index (κ1) is 40.8. The van der Waals surface area contributed by atoms with Gasteiger partial charge in [0.2, 0.25) is 0 Å². The van der Waals surface area contributed by atoms with Crippen molar-refractivity contribution in [3.63, 3.8) is 0 Å². The molecule has 0 atom stereocenters. The normalized spacial score (nSPS) is 11.1. The second kappa shape index (κ2) is 26.3. The Morgan fingerprint density at radius 2 is 0.940 bits per heavy atom. The van der Waals surface area contributed by atoms with Gasteiger partial charge in [-0.2, -0.15) is 0 Å². The van der Waals surface area contributed by atoms with Gasteiger partial charge < -0.3 is 33.5 Å². The lowest BCUT2D eigenvalue weighted by Crippen LogP contribution is -2.14. The molecule has 8 nitrogen and oxygen atoms in total. The van der Waals surface area contributed by atoms with Gasteiger partial charge in [0.05, 0.1) is 46.2 Å². The van der Waals surface area contributed by atoms with E-state index in [9.17, 15) is 4.79 Å². The molecule has 3 aromatic rings. The molecule has 0 spiro atoms. The number of rotatable bonds is 30. The minimum atomic E-state index is -0.992. The Kier molecular flexibility index (Phi) is 21.4. The van der Waals surface area contributed by atoms with Crippen molar-refractivity contribution in [2.24, 2.45) is 0 Å². The molecule has 0 saturated heterocycles. The Morgan fingerprint density at radius 1 is 0.480 bits per heavy atom. The van der Waals surface area contributed by atoms with Gasteiger partial charge in [0.1, 0.15) is 30.5 Å². The zero-order chi connectivity index (χ0) is 35.5. The highest BCUT2D eigenvalue weighted by atomic mass is 16.6. The van der Waals surface area contributed by atoms with Gasteiger partial charge in [-0.05, 0) is 59.9 Å². The number of hydrogen-bond donors (Lipinski definition) is 1. The summed E-state index contributed by atoms with van der Waals surface area (Å²) >= 11 is 0. The Bertz CT molecular complexity index is 1290. The first-order valence-electron chi connectivity index (χ1n) is 18.8. The second-order valence-electron chi connectivity index (χ2n) is 12.5. The number of aliphatic carboxylic acids is 1. The number of hydrogen-bond acceptors (Lipinski definition) is 7. The van der Waals surface area contributed by atoms with Crippen molar-refractivity contribution in [2.45, 2.75) is 90.9 Å². The minimum absolute atomic E-state index is 0.232. The van der Waals surface area contributed by atoms with Gasteiger partial charge >= 0.3 is 5.97 Å². The summed E-state index contributed by atoms with van der Waals surface area (Å²) in [7, 11) is 0. The molecule has 0 aromatic heterocycles. The number of carbonyl (C=O) groups is 1. The quantitative estimate of drug-likeness (QED) is 0.0691. The number of carboxylic acids is 1. The molecule has 0 aliphatic carbocycles.